The van der Waals surface area contributed by atoms with Gasteiger partial charge in [-0.15, -0.1) is 11.8 Å². The number of rotatable bonds is 10. The van der Waals surface area contributed by atoms with Crippen molar-refractivity contribution < 1.29 is 14.3 Å². The number of nitrogens with one attached hydrogen (secondary N) is 2. The van der Waals surface area contributed by atoms with Crippen LogP contribution >= 0.6 is 11.8 Å². The van der Waals surface area contributed by atoms with Crippen molar-refractivity contribution in [2.75, 3.05) is 17.7 Å². The first-order chi connectivity index (χ1) is 17.6. The van der Waals surface area contributed by atoms with Crippen molar-refractivity contribution >= 4 is 29.3 Å². The summed E-state index contributed by atoms with van der Waals surface area (Å²) in [6.45, 7) is 2.49. The molecular formula is C30H28N2O3S. The van der Waals surface area contributed by atoms with Crippen molar-refractivity contribution in [2.45, 2.75) is 17.9 Å². The van der Waals surface area contributed by atoms with E-state index in [9.17, 15) is 9.59 Å². The highest BCUT2D eigenvalue weighted by molar-refractivity contribution is 7.99. The van der Waals surface area contributed by atoms with Gasteiger partial charge in [0.1, 0.15) is 5.75 Å². The van der Waals surface area contributed by atoms with Gasteiger partial charge in [-0.25, -0.2) is 0 Å². The molecule has 0 radical (unpaired) electrons. The summed E-state index contributed by atoms with van der Waals surface area (Å²) in [6.07, 6.45) is 0. The Balaban J connectivity index is 1.32. The predicted octanol–water partition coefficient (Wildman–Crippen LogP) is 6.60. The Morgan fingerprint density at radius 2 is 1.42 bits per heavy atom. The first-order valence-corrected chi connectivity index (χ1v) is 12.8. The number of benzene rings is 4. The third-order valence-corrected chi connectivity index (χ3v) is 6.52. The van der Waals surface area contributed by atoms with Crippen LogP contribution in [0.4, 0.5) is 5.69 Å². The second-order valence-corrected chi connectivity index (χ2v) is 9.31. The number of carbonyl (C=O) groups excluding carboxylic acids is 2. The summed E-state index contributed by atoms with van der Waals surface area (Å²) in [5, 5.41) is 5.87. The van der Waals surface area contributed by atoms with E-state index in [0.717, 1.165) is 11.3 Å². The molecule has 5 nitrogen and oxygen atoms in total. The molecule has 0 saturated heterocycles. The van der Waals surface area contributed by atoms with E-state index in [1.165, 1.54) is 4.90 Å². The van der Waals surface area contributed by atoms with Gasteiger partial charge in [-0.3, -0.25) is 9.59 Å². The number of hydrogen-bond donors (Lipinski definition) is 2. The monoisotopic (exact) mass is 496 g/mol. The molecule has 4 aromatic rings. The number of ether oxygens (including phenoxy) is 1. The Kier molecular flexibility index (Phi) is 8.78. The average molecular weight is 497 g/mol. The molecule has 36 heavy (non-hydrogen) atoms. The molecule has 0 aromatic heterocycles. The summed E-state index contributed by atoms with van der Waals surface area (Å²) in [5.74, 6) is 0.986. The van der Waals surface area contributed by atoms with Crippen LogP contribution in [0.15, 0.2) is 114 Å². The highest BCUT2D eigenvalue weighted by atomic mass is 32.2. The molecule has 2 N–H and O–H groups in total. The number of anilines is 1. The largest absolute Gasteiger partial charge is 0.493 e. The fraction of sp³-hybridized carbons (Fsp3) is 0.133. The lowest BCUT2D eigenvalue weighted by atomic mass is 10.1. The van der Waals surface area contributed by atoms with Gasteiger partial charge in [0.25, 0.3) is 11.8 Å². The van der Waals surface area contributed by atoms with Crippen molar-refractivity contribution in [3.63, 3.8) is 0 Å². The zero-order valence-corrected chi connectivity index (χ0v) is 20.8. The molecule has 6 heteroatoms. The molecule has 0 aliphatic heterocycles. The minimum atomic E-state index is -0.294. The second kappa shape index (κ2) is 12.6. The number of thioether (sulfide) groups is 1. The van der Waals surface area contributed by atoms with Crippen LogP contribution in [-0.4, -0.2) is 24.2 Å². The Morgan fingerprint density at radius 3 is 2.14 bits per heavy atom. The summed E-state index contributed by atoms with van der Waals surface area (Å²) in [4.78, 5) is 27.0. The van der Waals surface area contributed by atoms with Gasteiger partial charge in [-0.05, 0) is 61.0 Å². The number of para-hydroxylation sites is 1. The van der Waals surface area contributed by atoms with Crippen molar-refractivity contribution in [1.29, 1.82) is 0 Å². The summed E-state index contributed by atoms with van der Waals surface area (Å²) in [6, 6.07) is 33.7. The summed E-state index contributed by atoms with van der Waals surface area (Å²) >= 11 is 1.73. The molecule has 0 bridgehead atoms. The van der Waals surface area contributed by atoms with Crippen molar-refractivity contribution in [3.05, 3.63) is 126 Å². The molecule has 2 amide bonds. The summed E-state index contributed by atoms with van der Waals surface area (Å²) in [5.41, 5.74) is 2.35. The lowest BCUT2D eigenvalue weighted by Gasteiger charge is -2.16. The van der Waals surface area contributed by atoms with E-state index in [0.29, 0.717) is 29.2 Å². The maximum atomic E-state index is 12.9. The predicted molar refractivity (Wildman–Crippen MR) is 146 cm³/mol. The van der Waals surface area contributed by atoms with Crippen molar-refractivity contribution in [3.8, 4) is 5.75 Å². The Morgan fingerprint density at radius 1 is 0.778 bits per heavy atom. The van der Waals surface area contributed by atoms with Crippen LogP contribution < -0.4 is 15.4 Å². The van der Waals surface area contributed by atoms with Crippen LogP contribution in [0.25, 0.3) is 0 Å². The molecule has 0 aliphatic rings. The Bertz CT molecular complexity index is 1280. The van der Waals surface area contributed by atoms with E-state index < -0.39 is 0 Å². The second-order valence-electron chi connectivity index (χ2n) is 8.14. The van der Waals surface area contributed by atoms with E-state index in [1.807, 2.05) is 55.5 Å². The molecule has 4 rings (SSSR count). The van der Waals surface area contributed by atoms with Crippen molar-refractivity contribution in [1.82, 2.24) is 5.32 Å². The molecule has 0 saturated carbocycles. The highest BCUT2D eigenvalue weighted by Crippen LogP contribution is 2.21. The molecule has 0 spiro atoms. The van der Waals surface area contributed by atoms with Crippen LogP contribution in [-0.2, 0) is 0 Å². The SMILES string of the molecule is CC(NC(=O)c1ccccc1NC(=O)c1ccc(OCCSc2ccccc2)cc1)c1ccccc1. The Hall–Kier alpha value is -4.03. The van der Waals surface area contributed by atoms with Gasteiger partial charge in [0.15, 0.2) is 0 Å². The number of carbonyl (C=O) groups is 2. The molecule has 0 aliphatic carbocycles. The standard InChI is InChI=1S/C30H28N2O3S/c1-22(23-10-4-2-5-11-23)31-30(34)27-14-8-9-15-28(27)32-29(33)24-16-18-25(19-17-24)35-20-21-36-26-12-6-3-7-13-26/h2-19,22H,20-21H2,1H3,(H,31,34)(H,32,33). The van der Waals surface area contributed by atoms with E-state index in [4.69, 9.17) is 4.74 Å². The maximum Gasteiger partial charge on any atom is 0.255 e. The minimum absolute atomic E-state index is 0.166. The van der Waals surface area contributed by atoms with E-state index in [1.54, 1.807) is 60.3 Å². The van der Waals surface area contributed by atoms with Crippen LogP contribution in [0.2, 0.25) is 0 Å². The topological polar surface area (TPSA) is 67.4 Å². The lowest BCUT2D eigenvalue weighted by molar-refractivity contribution is 0.0940. The van der Waals surface area contributed by atoms with Gasteiger partial charge >= 0.3 is 0 Å². The zero-order chi connectivity index (χ0) is 25.2. The van der Waals surface area contributed by atoms with Gasteiger partial charge < -0.3 is 15.4 Å². The Labute approximate surface area is 215 Å². The van der Waals surface area contributed by atoms with Crippen LogP contribution in [0.5, 0.6) is 5.75 Å². The lowest BCUT2D eigenvalue weighted by Crippen LogP contribution is -2.28. The minimum Gasteiger partial charge on any atom is -0.493 e. The van der Waals surface area contributed by atoms with Crippen LogP contribution in [0, 0.1) is 0 Å². The molecule has 182 valence electrons. The van der Waals surface area contributed by atoms with Crippen LogP contribution in [0.3, 0.4) is 0 Å². The third-order valence-electron chi connectivity index (χ3n) is 5.55. The van der Waals surface area contributed by atoms with E-state index in [2.05, 4.69) is 22.8 Å². The highest BCUT2D eigenvalue weighted by Gasteiger charge is 2.16. The first-order valence-electron chi connectivity index (χ1n) is 11.8. The molecular weight excluding hydrogens is 468 g/mol. The maximum absolute atomic E-state index is 12.9. The van der Waals surface area contributed by atoms with E-state index >= 15 is 0 Å². The van der Waals surface area contributed by atoms with Crippen LogP contribution in [0.1, 0.15) is 39.2 Å². The normalized spacial score (nSPS) is 11.4. The molecule has 1 atom stereocenters. The smallest absolute Gasteiger partial charge is 0.255 e. The quantitative estimate of drug-likeness (QED) is 0.192. The fourth-order valence-corrected chi connectivity index (χ4v) is 4.37. The number of hydrogen-bond acceptors (Lipinski definition) is 4. The van der Waals surface area contributed by atoms with E-state index in [-0.39, 0.29) is 17.9 Å². The summed E-state index contributed by atoms with van der Waals surface area (Å²) < 4.78 is 5.80. The fourth-order valence-electron chi connectivity index (χ4n) is 3.62. The molecule has 4 aromatic carbocycles. The number of amides is 2. The third kappa shape index (κ3) is 6.99. The zero-order valence-electron chi connectivity index (χ0n) is 20.0. The first kappa shape index (κ1) is 25.1. The van der Waals surface area contributed by atoms with Crippen molar-refractivity contribution in [2.24, 2.45) is 0 Å². The molecule has 1 unspecified atom stereocenters. The summed E-state index contributed by atoms with van der Waals surface area (Å²) in [7, 11) is 0. The van der Waals surface area contributed by atoms with Gasteiger partial charge in [-0.1, -0.05) is 60.7 Å². The average Bonchev–Trinajstić information content (AvgIpc) is 2.92. The van der Waals surface area contributed by atoms with Gasteiger partial charge in [0, 0.05) is 16.2 Å². The van der Waals surface area contributed by atoms with Gasteiger partial charge in [0.2, 0.25) is 0 Å². The van der Waals surface area contributed by atoms with Gasteiger partial charge in [0.05, 0.1) is 23.9 Å². The van der Waals surface area contributed by atoms with Gasteiger partial charge in [-0.2, -0.15) is 0 Å². The molecule has 0 fully saturated rings. The molecule has 0 heterocycles.